The van der Waals surface area contributed by atoms with Crippen LogP contribution in [0.4, 0.5) is 0 Å². The Kier molecular flexibility index (Phi) is 5.03. The second-order valence-corrected chi connectivity index (χ2v) is 2.46. The van der Waals surface area contributed by atoms with E-state index in [-0.39, 0.29) is 0 Å². The Morgan fingerprint density at radius 3 is 1.92 bits per heavy atom. The van der Waals surface area contributed by atoms with Gasteiger partial charge in [0.15, 0.2) is 0 Å². The highest BCUT2D eigenvalue weighted by molar-refractivity contribution is 4.90. The molecule has 0 rings (SSSR count). The second kappa shape index (κ2) is 5.23. The highest BCUT2D eigenvalue weighted by Crippen LogP contribution is 2.04. The summed E-state index contributed by atoms with van der Waals surface area (Å²) in [4.78, 5) is 0. The third kappa shape index (κ3) is 2.88. The molecule has 0 amide bonds. The number of hydrogen-bond donors (Lipinski definition) is 5. The van der Waals surface area contributed by atoms with Crippen LogP contribution in [0, 0.1) is 0 Å². The second-order valence-electron chi connectivity index (χ2n) is 2.46. The van der Waals surface area contributed by atoms with Gasteiger partial charge in [-0.25, -0.2) is 0 Å². The van der Waals surface area contributed by atoms with E-state index in [9.17, 15) is 0 Å². The van der Waals surface area contributed by atoms with Crippen molar-refractivity contribution in [1.82, 2.24) is 0 Å². The molecule has 0 saturated carbocycles. The molecule has 0 aromatic heterocycles. The van der Waals surface area contributed by atoms with Crippen LogP contribution in [0.5, 0.6) is 0 Å². The molecule has 4 atom stereocenters. The third-order valence-electron chi connectivity index (χ3n) is 1.52. The topological polar surface area (TPSA) is 101 Å². The van der Waals surface area contributed by atoms with Crippen molar-refractivity contribution < 1.29 is 25.5 Å². The van der Waals surface area contributed by atoms with Gasteiger partial charge >= 0.3 is 0 Å². The fourth-order valence-corrected chi connectivity index (χ4v) is 0.677. The Morgan fingerprint density at radius 1 is 1.08 bits per heavy atom. The molecule has 0 saturated heterocycles. The van der Waals surface area contributed by atoms with Gasteiger partial charge in [0.05, 0.1) is 6.61 Å². The van der Waals surface area contributed by atoms with Crippen molar-refractivity contribution in [3.05, 3.63) is 12.7 Å². The fraction of sp³-hybridized carbons (Fsp3) is 0.714. The quantitative estimate of drug-likeness (QED) is 0.302. The van der Waals surface area contributed by atoms with Gasteiger partial charge in [-0.3, -0.25) is 0 Å². The van der Waals surface area contributed by atoms with Crippen molar-refractivity contribution in [2.75, 3.05) is 6.61 Å². The predicted octanol–water partition coefficient (Wildman–Crippen LogP) is -2.39. The Bertz CT molecular complexity index is 138. The Labute approximate surface area is 70.2 Å². The van der Waals surface area contributed by atoms with E-state index in [1.54, 1.807) is 0 Å². The normalized spacial score (nSPS) is 21.1. The van der Waals surface area contributed by atoms with E-state index in [0.29, 0.717) is 0 Å². The highest BCUT2D eigenvalue weighted by Gasteiger charge is 2.28. The zero-order valence-electron chi connectivity index (χ0n) is 6.54. The monoisotopic (exact) mass is 178 g/mol. The van der Waals surface area contributed by atoms with Crippen LogP contribution >= 0.6 is 0 Å². The van der Waals surface area contributed by atoms with Crippen LogP contribution < -0.4 is 0 Å². The molecule has 0 bridgehead atoms. The first-order chi connectivity index (χ1) is 5.54. The van der Waals surface area contributed by atoms with Gasteiger partial charge in [-0.1, -0.05) is 6.08 Å². The molecule has 0 aliphatic heterocycles. The summed E-state index contributed by atoms with van der Waals surface area (Å²) >= 11 is 0. The molecular weight excluding hydrogens is 164 g/mol. The molecule has 0 unspecified atom stereocenters. The first kappa shape index (κ1) is 11.5. The zero-order valence-corrected chi connectivity index (χ0v) is 6.54. The molecular formula is C7H14O5. The minimum atomic E-state index is -1.58. The summed E-state index contributed by atoms with van der Waals surface area (Å²) in [6.07, 6.45) is -4.87. The van der Waals surface area contributed by atoms with Gasteiger partial charge in [0.1, 0.15) is 24.4 Å². The van der Waals surface area contributed by atoms with E-state index in [2.05, 4.69) is 6.58 Å². The van der Waals surface area contributed by atoms with Gasteiger partial charge in [-0.05, 0) is 0 Å². The molecule has 0 aliphatic rings. The standard InChI is InChI=1S/C7H14O5/c1-2-4(9)6(11)7(12)5(10)3-8/h2,4-12H,1,3H2/t4-,5-,6+,7-/m0/s1. The third-order valence-corrected chi connectivity index (χ3v) is 1.52. The maximum Gasteiger partial charge on any atom is 0.112 e. The molecule has 12 heavy (non-hydrogen) atoms. The van der Waals surface area contributed by atoms with Crippen molar-refractivity contribution in [2.24, 2.45) is 0 Å². The van der Waals surface area contributed by atoms with Crippen LogP contribution in [-0.2, 0) is 0 Å². The zero-order chi connectivity index (χ0) is 9.72. The minimum absolute atomic E-state index is 0.678. The van der Waals surface area contributed by atoms with Crippen molar-refractivity contribution in [3.8, 4) is 0 Å². The smallest absolute Gasteiger partial charge is 0.112 e. The van der Waals surface area contributed by atoms with Crippen molar-refractivity contribution in [1.29, 1.82) is 0 Å². The summed E-state index contributed by atoms with van der Waals surface area (Å²) in [7, 11) is 0. The summed E-state index contributed by atoms with van der Waals surface area (Å²) < 4.78 is 0. The first-order valence-electron chi connectivity index (χ1n) is 3.50. The van der Waals surface area contributed by atoms with Crippen molar-refractivity contribution in [2.45, 2.75) is 24.4 Å². The van der Waals surface area contributed by atoms with Crippen molar-refractivity contribution in [3.63, 3.8) is 0 Å². The fourth-order valence-electron chi connectivity index (χ4n) is 0.677. The minimum Gasteiger partial charge on any atom is -0.394 e. The summed E-state index contributed by atoms with van der Waals surface area (Å²) in [5.41, 5.74) is 0. The summed E-state index contributed by atoms with van der Waals surface area (Å²) in [6.45, 7) is 2.51. The van der Waals surface area contributed by atoms with Gasteiger partial charge < -0.3 is 25.5 Å². The Hall–Kier alpha value is -0.460. The molecule has 0 aromatic rings. The molecule has 72 valence electrons. The van der Waals surface area contributed by atoms with E-state index < -0.39 is 31.0 Å². The van der Waals surface area contributed by atoms with Crippen molar-refractivity contribution >= 4 is 0 Å². The van der Waals surface area contributed by atoms with Gasteiger partial charge in [-0.2, -0.15) is 0 Å². The molecule has 0 radical (unpaired) electrons. The lowest BCUT2D eigenvalue weighted by Gasteiger charge is -2.23. The van der Waals surface area contributed by atoms with Gasteiger partial charge in [0, 0.05) is 0 Å². The van der Waals surface area contributed by atoms with Gasteiger partial charge in [0.25, 0.3) is 0 Å². The molecule has 5 nitrogen and oxygen atoms in total. The van der Waals surface area contributed by atoms with Crippen LogP contribution in [0.3, 0.4) is 0 Å². The van der Waals surface area contributed by atoms with Crippen LogP contribution in [0.25, 0.3) is 0 Å². The highest BCUT2D eigenvalue weighted by atomic mass is 16.4. The Morgan fingerprint density at radius 2 is 1.58 bits per heavy atom. The molecule has 0 heterocycles. The average molecular weight is 178 g/mol. The number of aliphatic hydroxyl groups is 5. The SMILES string of the molecule is C=C[C@H](O)[C@@H](O)[C@@H](O)[C@@H](O)CO. The number of hydrogen-bond acceptors (Lipinski definition) is 5. The maximum atomic E-state index is 9.05. The largest absolute Gasteiger partial charge is 0.394 e. The number of aliphatic hydroxyl groups excluding tert-OH is 5. The summed E-state index contributed by atoms with van der Waals surface area (Å²) in [5, 5.41) is 44.2. The molecule has 5 N–H and O–H groups in total. The number of rotatable bonds is 5. The molecule has 0 spiro atoms. The maximum absolute atomic E-state index is 9.05. The molecule has 5 heteroatoms. The average Bonchev–Trinajstić information content (AvgIpc) is 2.12. The predicted molar refractivity (Wildman–Crippen MR) is 41.3 cm³/mol. The van der Waals surface area contributed by atoms with E-state index in [1.807, 2.05) is 0 Å². The van der Waals surface area contributed by atoms with Gasteiger partial charge in [-0.15, -0.1) is 6.58 Å². The lowest BCUT2D eigenvalue weighted by atomic mass is 10.0. The van der Waals surface area contributed by atoms with Crippen LogP contribution in [0.1, 0.15) is 0 Å². The lowest BCUT2D eigenvalue weighted by Crippen LogP contribution is -2.45. The van der Waals surface area contributed by atoms with E-state index in [1.165, 1.54) is 0 Å². The molecule has 0 aromatic carbocycles. The summed E-state index contributed by atoms with van der Waals surface area (Å²) in [6, 6.07) is 0. The van der Waals surface area contributed by atoms with E-state index in [4.69, 9.17) is 25.5 Å². The Balaban J connectivity index is 4.07. The van der Waals surface area contributed by atoms with Crippen LogP contribution in [0.2, 0.25) is 0 Å². The van der Waals surface area contributed by atoms with E-state index in [0.717, 1.165) is 6.08 Å². The first-order valence-corrected chi connectivity index (χ1v) is 3.50. The molecule has 0 fully saturated rings. The van der Waals surface area contributed by atoms with Crippen LogP contribution in [-0.4, -0.2) is 56.6 Å². The van der Waals surface area contributed by atoms with E-state index >= 15 is 0 Å². The van der Waals surface area contributed by atoms with Crippen LogP contribution in [0.15, 0.2) is 12.7 Å². The lowest BCUT2D eigenvalue weighted by molar-refractivity contribution is -0.104. The van der Waals surface area contributed by atoms with Gasteiger partial charge in [0.2, 0.25) is 0 Å². The molecule has 0 aliphatic carbocycles. The summed E-state index contributed by atoms with van der Waals surface area (Å²) in [5.74, 6) is 0.